The van der Waals surface area contributed by atoms with E-state index in [1.807, 2.05) is 6.92 Å². The lowest BCUT2D eigenvalue weighted by Crippen LogP contribution is -2.33. The van der Waals surface area contributed by atoms with Gasteiger partial charge in [-0.25, -0.2) is 4.79 Å². The number of ether oxygens (including phenoxy) is 3. The number of hydrogen-bond donors (Lipinski definition) is 4. The van der Waals surface area contributed by atoms with Gasteiger partial charge in [-0.2, -0.15) is 0 Å². The second kappa shape index (κ2) is 21.8. The van der Waals surface area contributed by atoms with E-state index in [4.69, 9.17) is 14.2 Å². The Bertz CT molecular complexity index is 833. The molecular weight excluding hydrogens is 572 g/mol. The fourth-order valence-corrected chi connectivity index (χ4v) is 7.29. The minimum atomic E-state index is -0.638. The number of aliphatic hydroxyl groups is 4. The fourth-order valence-electron chi connectivity index (χ4n) is 7.29. The number of cyclic esters (lactones) is 1. The Morgan fingerprint density at radius 1 is 0.667 bits per heavy atom. The summed E-state index contributed by atoms with van der Waals surface area (Å²) in [6.45, 7) is 4.07. The van der Waals surface area contributed by atoms with Crippen LogP contribution in [0.25, 0.3) is 0 Å². The van der Waals surface area contributed by atoms with E-state index in [-0.39, 0.29) is 36.5 Å². The normalized spacial score (nSPS) is 27.8. The first-order valence-electron chi connectivity index (χ1n) is 18.7. The van der Waals surface area contributed by atoms with Crippen LogP contribution in [-0.2, 0) is 19.0 Å². The third-order valence-electron chi connectivity index (χ3n) is 10.1. The maximum Gasteiger partial charge on any atom is 0.334 e. The molecule has 8 heteroatoms. The van der Waals surface area contributed by atoms with Gasteiger partial charge in [0.15, 0.2) is 0 Å². The van der Waals surface area contributed by atoms with Gasteiger partial charge in [0.05, 0.1) is 48.8 Å². The molecule has 2 unspecified atom stereocenters. The Kier molecular flexibility index (Phi) is 18.6. The highest BCUT2D eigenvalue weighted by Crippen LogP contribution is 2.31. The lowest BCUT2D eigenvalue weighted by molar-refractivity contribution is -0.139. The summed E-state index contributed by atoms with van der Waals surface area (Å²) in [5.74, 6) is -0.309. The van der Waals surface area contributed by atoms with E-state index in [0.717, 1.165) is 70.6 Å². The second-order valence-electron chi connectivity index (χ2n) is 14.2. The molecule has 262 valence electrons. The van der Waals surface area contributed by atoms with E-state index in [2.05, 4.69) is 6.92 Å². The van der Waals surface area contributed by atoms with E-state index >= 15 is 0 Å². The van der Waals surface area contributed by atoms with Crippen molar-refractivity contribution >= 4 is 5.97 Å². The first kappa shape index (κ1) is 38.4. The third kappa shape index (κ3) is 14.7. The Balaban J connectivity index is 1.17. The molecule has 3 aliphatic heterocycles. The van der Waals surface area contributed by atoms with E-state index in [0.29, 0.717) is 31.3 Å². The van der Waals surface area contributed by atoms with E-state index < -0.39 is 24.4 Å². The number of unbranched alkanes of at least 4 members (excludes halogenated alkanes) is 11. The van der Waals surface area contributed by atoms with Crippen molar-refractivity contribution in [2.24, 2.45) is 0 Å². The summed E-state index contributed by atoms with van der Waals surface area (Å²) in [7, 11) is 0. The first-order valence-corrected chi connectivity index (χ1v) is 18.7. The molecule has 0 aliphatic carbocycles. The van der Waals surface area contributed by atoms with Crippen molar-refractivity contribution in [3.63, 3.8) is 0 Å². The average Bonchev–Trinajstić information content (AvgIpc) is 3.77. The molecule has 0 aromatic carbocycles. The van der Waals surface area contributed by atoms with Gasteiger partial charge in [-0.3, -0.25) is 0 Å². The van der Waals surface area contributed by atoms with Crippen LogP contribution in [0.5, 0.6) is 0 Å². The Labute approximate surface area is 273 Å². The molecule has 2 fully saturated rings. The third-order valence-corrected chi connectivity index (χ3v) is 10.1. The summed E-state index contributed by atoms with van der Waals surface area (Å²) in [5, 5.41) is 42.4. The van der Waals surface area contributed by atoms with Gasteiger partial charge in [-0.15, -0.1) is 0 Å². The van der Waals surface area contributed by atoms with Gasteiger partial charge in [0.25, 0.3) is 0 Å². The summed E-state index contributed by atoms with van der Waals surface area (Å²) in [6, 6.07) is 0. The number of carbonyl (C=O) groups is 1. The predicted octanol–water partition coefficient (Wildman–Crippen LogP) is 6.83. The molecule has 0 amide bonds. The van der Waals surface area contributed by atoms with Crippen molar-refractivity contribution in [1.82, 2.24) is 0 Å². The molecule has 4 N–H and O–H groups in total. The van der Waals surface area contributed by atoms with Gasteiger partial charge >= 0.3 is 5.97 Å². The van der Waals surface area contributed by atoms with Crippen molar-refractivity contribution in [2.45, 2.75) is 216 Å². The molecule has 0 spiro atoms. The highest BCUT2D eigenvalue weighted by Gasteiger charge is 2.36. The smallest absolute Gasteiger partial charge is 0.334 e. The van der Waals surface area contributed by atoms with Gasteiger partial charge in [-0.1, -0.05) is 90.4 Å². The molecule has 3 heterocycles. The zero-order valence-corrected chi connectivity index (χ0v) is 28.5. The van der Waals surface area contributed by atoms with Crippen molar-refractivity contribution in [3.8, 4) is 0 Å². The standard InChI is InChI=1S/C37H66O8/c1-3-4-5-6-7-8-9-10-11-15-18-31(39)35-23-24-36(45-35)33(41)21-20-32(40)34-22-19-30(44-34)17-14-12-13-16-29(38)26-28-25-27(2)43-37(28)42/h25,27,29-36,38-41H,3-24,26H2,1-2H3/t27?,29?,30-,31+,32-,33-,34-,35+,36-/m0/s1. The fraction of sp³-hybridized carbons (Fsp3) is 0.919. The molecule has 3 aliphatic rings. The lowest BCUT2D eigenvalue weighted by atomic mass is 9.98. The summed E-state index contributed by atoms with van der Waals surface area (Å²) < 4.78 is 17.3. The summed E-state index contributed by atoms with van der Waals surface area (Å²) in [5.41, 5.74) is 0.583. The minimum absolute atomic E-state index is 0.148. The Hall–Kier alpha value is -1.03. The predicted molar refractivity (Wildman–Crippen MR) is 177 cm³/mol. The molecule has 2 saturated heterocycles. The quantitative estimate of drug-likeness (QED) is 0.0634. The highest BCUT2D eigenvalue weighted by molar-refractivity contribution is 5.90. The zero-order valence-electron chi connectivity index (χ0n) is 28.5. The first-order chi connectivity index (χ1) is 21.8. The van der Waals surface area contributed by atoms with E-state index in [1.165, 1.54) is 51.4 Å². The number of rotatable bonds is 25. The van der Waals surface area contributed by atoms with Crippen LogP contribution >= 0.6 is 0 Å². The molecule has 3 rings (SSSR count). The maximum atomic E-state index is 11.7. The van der Waals surface area contributed by atoms with Crippen molar-refractivity contribution < 1.29 is 39.4 Å². The molecule has 0 bridgehead atoms. The van der Waals surface area contributed by atoms with Gasteiger partial charge in [0.1, 0.15) is 6.10 Å². The Morgan fingerprint density at radius 2 is 1.18 bits per heavy atom. The molecule has 9 atom stereocenters. The number of carbonyl (C=O) groups excluding carboxylic acids is 1. The maximum absolute atomic E-state index is 11.7. The van der Waals surface area contributed by atoms with Crippen molar-refractivity contribution in [1.29, 1.82) is 0 Å². The van der Waals surface area contributed by atoms with E-state index in [1.54, 1.807) is 6.08 Å². The van der Waals surface area contributed by atoms with Crippen LogP contribution in [-0.4, -0.2) is 81.3 Å². The Morgan fingerprint density at radius 3 is 1.78 bits per heavy atom. The SMILES string of the molecule is CCCCCCCCCCCC[C@@H](O)[C@H]1CC[C@@H]([C@@H](O)CC[C@H](O)[C@@H]2CC[C@H](CCCCCC(O)CC3=CC(C)OC3=O)O2)O1. The van der Waals surface area contributed by atoms with Crippen LogP contribution in [0.2, 0.25) is 0 Å². The summed E-state index contributed by atoms with van der Waals surface area (Å²) in [6.07, 6.45) is 21.5. The van der Waals surface area contributed by atoms with Gasteiger partial charge < -0.3 is 34.6 Å². The molecule has 0 aromatic heterocycles. The van der Waals surface area contributed by atoms with Crippen LogP contribution in [0.4, 0.5) is 0 Å². The summed E-state index contributed by atoms with van der Waals surface area (Å²) >= 11 is 0. The molecular formula is C37H66O8. The second-order valence-corrected chi connectivity index (χ2v) is 14.2. The van der Waals surface area contributed by atoms with Gasteiger partial charge in [-0.05, 0) is 70.8 Å². The van der Waals surface area contributed by atoms with Crippen molar-refractivity contribution in [3.05, 3.63) is 11.6 Å². The molecule has 0 saturated carbocycles. The average molecular weight is 639 g/mol. The van der Waals surface area contributed by atoms with Crippen LogP contribution in [0.1, 0.15) is 162 Å². The van der Waals surface area contributed by atoms with Gasteiger partial charge in [0, 0.05) is 12.0 Å². The molecule has 8 nitrogen and oxygen atoms in total. The minimum Gasteiger partial charge on any atom is -0.455 e. The number of hydrogen-bond acceptors (Lipinski definition) is 8. The topological polar surface area (TPSA) is 126 Å². The number of esters is 1. The molecule has 0 radical (unpaired) electrons. The zero-order chi connectivity index (χ0) is 32.4. The van der Waals surface area contributed by atoms with Crippen LogP contribution in [0.15, 0.2) is 11.6 Å². The lowest BCUT2D eigenvalue weighted by Gasteiger charge is -2.24. The largest absolute Gasteiger partial charge is 0.455 e. The van der Waals surface area contributed by atoms with Gasteiger partial charge in [0.2, 0.25) is 0 Å². The molecule has 0 aromatic rings. The van der Waals surface area contributed by atoms with Crippen LogP contribution in [0.3, 0.4) is 0 Å². The van der Waals surface area contributed by atoms with Crippen molar-refractivity contribution in [2.75, 3.05) is 0 Å². The highest BCUT2D eigenvalue weighted by atomic mass is 16.5. The van der Waals surface area contributed by atoms with E-state index in [9.17, 15) is 25.2 Å². The van der Waals surface area contributed by atoms with Crippen LogP contribution in [0, 0.1) is 0 Å². The number of aliphatic hydroxyl groups excluding tert-OH is 4. The molecule has 45 heavy (non-hydrogen) atoms. The monoisotopic (exact) mass is 638 g/mol. The van der Waals surface area contributed by atoms with Crippen LogP contribution < -0.4 is 0 Å². The summed E-state index contributed by atoms with van der Waals surface area (Å²) in [4.78, 5) is 11.7.